The predicted molar refractivity (Wildman–Crippen MR) is 74.1 cm³/mol. The first-order chi connectivity index (χ1) is 10.5. The topological polar surface area (TPSA) is 123 Å². The van der Waals surface area contributed by atoms with Crippen LogP contribution in [-0.4, -0.2) is 65.9 Å². The lowest BCUT2D eigenvalue weighted by atomic mass is 10.1. The van der Waals surface area contributed by atoms with Gasteiger partial charge in [0.05, 0.1) is 19.0 Å². The molecule has 0 amide bonds. The Kier molecular flexibility index (Phi) is 3.96. The molecule has 3 heterocycles. The molecule has 0 radical (unpaired) electrons. The van der Waals surface area contributed by atoms with Gasteiger partial charge in [0.15, 0.2) is 17.4 Å². The van der Waals surface area contributed by atoms with Gasteiger partial charge in [-0.3, -0.25) is 4.57 Å². The van der Waals surface area contributed by atoms with Crippen LogP contribution in [0.5, 0.6) is 5.88 Å². The van der Waals surface area contributed by atoms with E-state index in [1.165, 1.54) is 17.2 Å². The molecule has 0 aliphatic carbocycles. The Hall–Kier alpha value is -1.81. The highest BCUT2D eigenvalue weighted by molar-refractivity contribution is 5.76. The lowest BCUT2D eigenvalue weighted by Crippen LogP contribution is -2.33. The Morgan fingerprint density at radius 3 is 2.68 bits per heavy atom. The first-order valence-corrected chi connectivity index (χ1v) is 6.99. The molecule has 0 saturated carbocycles. The van der Waals surface area contributed by atoms with E-state index in [4.69, 9.17) is 14.6 Å². The highest BCUT2D eigenvalue weighted by atomic mass is 16.6. The number of hydrogen-bond acceptors (Lipinski definition) is 8. The van der Waals surface area contributed by atoms with E-state index in [0.717, 1.165) is 0 Å². The Bertz CT molecular complexity index is 661. The molecule has 3 rings (SSSR count). The molecule has 3 N–H and O–H groups in total. The average Bonchev–Trinajstić information content (AvgIpc) is 3.02. The van der Waals surface area contributed by atoms with Gasteiger partial charge in [0.25, 0.3) is 0 Å². The van der Waals surface area contributed by atoms with Crippen molar-refractivity contribution in [1.82, 2.24) is 19.5 Å². The van der Waals surface area contributed by atoms with E-state index in [0.29, 0.717) is 17.0 Å². The van der Waals surface area contributed by atoms with Gasteiger partial charge >= 0.3 is 0 Å². The molecule has 0 bridgehead atoms. The number of rotatable bonds is 4. The fraction of sp³-hybridized carbons (Fsp3) is 0.615. The van der Waals surface area contributed by atoms with Crippen molar-refractivity contribution < 1.29 is 24.8 Å². The molecule has 9 nitrogen and oxygen atoms in total. The highest BCUT2D eigenvalue weighted by Gasteiger charge is 2.44. The van der Waals surface area contributed by atoms with Gasteiger partial charge in [0, 0.05) is 0 Å². The molecular weight excluding hydrogens is 292 g/mol. The second-order valence-electron chi connectivity index (χ2n) is 5.40. The van der Waals surface area contributed by atoms with Crippen LogP contribution in [0, 0.1) is 0 Å². The van der Waals surface area contributed by atoms with Gasteiger partial charge in [-0.25, -0.2) is 9.97 Å². The number of hydrogen-bond donors (Lipinski definition) is 3. The largest absolute Gasteiger partial charge is 0.473 e. The van der Waals surface area contributed by atoms with Crippen LogP contribution in [0.3, 0.4) is 0 Å². The maximum atomic E-state index is 10.1. The lowest BCUT2D eigenvalue weighted by molar-refractivity contribution is -0.0511. The van der Waals surface area contributed by atoms with Crippen LogP contribution < -0.4 is 4.74 Å². The second kappa shape index (κ2) is 5.76. The second-order valence-corrected chi connectivity index (χ2v) is 5.40. The Morgan fingerprint density at radius 2 is 2.05 bits per heavy atom. The van der Waals surface area contributed by atoms with Crippen LogP contribution in [0.4, 0.5) is 0 Å². The van der Waals surface area contributed by atoms with E-state index in [-0.39, 0.29) is 6.10 Å². The van der Waals surface area contributed by atoms with Gasteiger partial charge in [-0.2, -0.15) is 4.98 Å². The van der Waals surface area contributed by atoms with Gasteiger partial charge in [-0.15, -0.1) is 0 Å². The fourth-order valence-electron chi connectivity index (χ4n) is 2.44. The number of imidazole rings is 1. The third-order valence-corrected chi connectivity index (χ3v) is 3.46. The van der Waals surface area contributed by atoms with Crippen molar-refractivity contribution in [2.75, 3.05) is 6.61 Å². The van der Waals surface area contributed by atoms with Crippen molar-refractivity contribution in [2.45, 2.75) is 44.5 Å². The number of aliphatic hydroxyl groups excluding tert-OH is 3. The van der Waals surface area contributed by atoms with Crippen LogP contribution >= 0.6 is 0 Å². The van der Waals surface area contributed by atoms with Crippen molar-refractivity contribution in [3.63, 3.8) is 0 Å². The number of fused-ring (bicyclic) bond motifs is 1. The van der Waals surface area contributed by atoms with Crippen LogP contribution in [0.2, 0.25) is 0 Å². The molecule has 120 valence electrons. The SMILES string of the molecule is CC(C)Oc1ncnc2c1ncn2[C@@H]1O[C@H](CO)C(O)C1O. The van der Waals surface area contributed by atoms with Crippen molar-refractivity contribution in [2.24, 2.45) is 0 Å². The van der Waals surface area contributed by atoms with Crippen molar-refractivity contribution >= 4 is 11.2 Å². The van der Waals surface area contributed by atoms with Crippen LogP contribution in [0.25, 0.3) is 11.2 Å². The van der Waals surface area contributed by atoms with Crippen LogP contribution in [0.1, 0.15) is 20.1 Å². The number of aliphatic hydroxyl groups is 3. The zero-order valence-corrected chi connectivity index (χ0v) is 12.2. The lowest BCUT2D eigenvalue weighted by Gasteiger charge is -2.16. The summed E-state index contributed by atoms with van der Waals surface area (Å²) in [6.07, 6.45) is -1.42. The summed E-state index contributed by atoms with van der Waals surface area (Å²) < 4.78 is 12.5. The fourth-order valence-corrected chi connectivity index (χ4v) is 2.44. The summed E-state index contributed by atoms with van der Waals surface area (Å²) in [6.45, 7) is 3.35. The first-order valence-electron chi connectivity index (χ1n) is 6.99. The Balaban J connectivity index is 1.99. The number of nitrogens with zero attached hydrogens (tertiary/aromatic N) is 4. The smallest absolute Gasteiger partial charge is 0.245 e. The molecule has 0 spiro atoms. The normalized spacial score (nSPS) is 28.6. The molecule has 2 unspecified atom stereocenters. The Morgan fingerprint density at radius 1 is 1.27 bits per heavy atom. The molecule has 2 aromatic rings. The number of ether oxygens (including phenoxy) is 2. The molecule has 22 heavy (non-hydrogen) atoms. The molecular formula is C13H18N4O5. The standard InChI is InChI=1S/C13H18N4O5/c1-6(2)21-12-8-11(14-4-15-12)17(5-16-8)13-10(20)9(19)7(3-18)22-13/h4-7,9-10,13,18-20H,3H2,1-2H3/t7-,9?,10?,13-/m1/s1. The van der Waals surface area contributed by atoms with E-state index >= 15 is 0 Å². The molecule has 9 heteroatoms. The van der Waals surface area contributed by atoms with E-state index in [2.05, 4.69) is 15.0 Å². The van der Waals surface area contributed by atoms with Gasteiger partial charge in [0.1, 0.15) is 24.6 Å². The third kappa shape index (κ3) is 2.41. The Labute approximate surface area is 126 Å². The van der Waals surface area contributed by atoms with Crippen molar-refractivity contribution in [3.05, 3.63) is 12.7 Å². The minimum absolute atomic E-state index is 0.0721. The van der Waals surface area contributed by atoms with Crippen molar-refractivity contribution in [1.29, 1.82) is 0 Å². The summed E-state index contributed by atoms with van der Waals surface area (Å²) in [5, 5.41) is 29.1. The summed E-state index contributed by atoms with van der Waals surface area (Å²) in [5.74, 6) is 0.338. The van der Waals surface area contributed by atoms with Gasteiger partial charge in [-0.1, -0.05) is 0 Å². The average molecular weight is 310 g/mol. The summed E-state index contributed by atoms with van der Waals surface area (Å²) in [6, 6.07) is 0. The van der Waals surface area contributed by atoms with E-state index in [9.17, 15) is 10.2 Å². The van der Waals surface area contributed by atoms with E-state index < -0.39 is 31.1 Å². The molecule has 0 aromatic carbocycles. The molecule has 1 fully saturated rings. The minimum Gasteiger partial charge on any atom is -0.473 e. The summed E-state index contributed by atoms with van der Waals surface area (Å²) >= 11 is 0. The third-order valence-electron chi connectivity index (χ3n) is 3.46. The number of aromatic nitrogens is 4. The van der Waals surface area contributed by atoms with E-state index in [1.54, 1.807) is 0 Å². The zero-order valence-electron chi connectivity index (χ0n) is 12.2. The van der Waals surface area contributed by atoms with Crippen LogP contribution in [-0.2, 0) is 4.74 Å². The summed E-state index contributed by atoms with van der Waals surface area (Å²) in [5.41, 5.74) is 0.856. The maximum Gasteiger partial charge on any atom is 0.245 e. The molecule has 1 saturated heterocycles. The highest BCUT2D eigenvalue weighted by Crippen LogP contribution is 2.32. The molecule has 4 atom stereocenters. The van der Waals surface area contributed by atoms with Crippen LogP contribution in [0.15, 0.2) is 12.7 Å². The molecule has 2 aromatic heterocycles. The minimum atomic E-state index is -1.20. The van der Waals surface area contributed by atoms with Gasteiger partial charge < -0.3 is 24.8 Å². The summed E-state index contributed by atoms with van der Waals surface area (Å²) in [4.78, 5) is 12.4. The molecule has 1 aliphatic rings. The first kappa shape index (κ1) is 15.1. The maximum absolute atomic E-state index is 10.1. The van der Waals surface area contributed by atoms with Crippen molar-refractivity contribution in [3.8, 4) is 5.88 Å². The monoisotopic (exact) mass is 310 g/mol. The quantitative estimate of drug-likeness (QED) is 0.672. The van der Waals surface area contributed by atoms with E-state index in [1.807, 2.05) is 13.8 Å². The summed E-state index contributed by atoms with van der Waals surface area (Å²) in [7, 11) is 0. The van der Waals surface area contributed by atoms with Gasteiger partial charge in [-0.05, 0) is 13.8 Å². The predicted octanol–water partition coefficient (Wildman–Crippen LogP) is -0.775. The molecule has 1 aliphatic heterocycles. The van der Waals surface area contributed by atoms with Gasteiger partial charge in [0.2, 0.25) is 5.88 Å². The zero-order chi connectivity index (χ0) is 15.9.